The van der Waals surface area contributed by atoms with Gasteiger partial charge in [-0.05, 0) is 40.5 Å². The van der Waals surface area contributed by atoms with Gasteiger partial charge in [-0.15, -0.1) is 0 Å². The summed E-state index contributed by atoms with van der Waals surface area (Å²) in [6.45, 7) is 0. The average Bonchev–Trinajstić information content (AvgIpc) is 3.27. The van der Waals surface area contributed by atoms with Crippen molar-refractivity contribution in [1.82, 2.24) is 19.9 Å². The Balaban J connectivity index is 1.23. The van der Waals surface area contributed by atoms with Crippen LogP contribution in [-0.4, -0.2) is 19.9 Å². The summed E-state index contributed by atoms with van der Waals surface area (Å²) in [5, 5.41) is 0. The fraction of sp³-hybridized carbons (Fsp3) is 0. The van der Waals surface area contributed by atoms with Crippen molar-refractivity contribution >= 4 is 0 Å². The molecule has 9 aromatic rings. The van der Waals surface area contributed by atoms with E-state index in [2.05, 4.69) is 133 Å². The van der Waals surface area contributed by atoms with Gasteiger partial charge in [-0.3, -0.25) is 0 Å². The van der Waals surface area contributed by atoms with E-state index in [1.54, 1.807) is 0 Å². The summed E-state index contributed by atoms with van der Waals surface area (Å²) in [7, 11) is 0. The van der Waals surface area contributed by atoms with Gasteiger partial charge in [0.15, 0.2) is 11.6 Å². The van der Waals surface area contributed by atoms with Crippen molar-refractivity contribution in [3.8, 4) is 90.1 Å². The van der Waals surface area contributed by atoms with Crippen molar-refractivity contribution < 1.29 is 0 Å². The Morgan fingerprint density at radius 3 is 1.06 bits per heavy atom. The predicted octanol–water partition coefficient (Wildman–Crippen LogP) is 12.6. The zero-order valence-corrected chi connectivity index (χ0v) is 29.4. The van der Waals surface area contributed by atoms with Gasteiger partial charge in [0, 0.05) is 33.4 Å². The van der Waals surface area contributed by atoms with Crippen molar-refractivity contribution in [2.24, 2.45) is 0 Å². The maximum Gasteiger partial charge on any atom is 0.160 e. The molecule has 0 radical (unpaired) electrons. The minimum Gasteiger partial charge on any atom is -0.228 e. The normalized spacial score (nSPS) is 11.0. The molecule has 7 aromatic carbocycles. The summed E-state index contributed by atoms with van der Waals surface area (Å²) in [5.41, 5.74) is 13.9. The molecule has 4 heteroatoms. The van der Waals surface area contributed by atoms with Gasteiger partial charge < -0.3 is 0 Å². The first-order valence-corrected chi connectivity index (χ1v) is 18.1. The number of aromatic nitrogens is 4. The Labute approximate surface area is 315 Å². The quantitative estimate of drug-likeness (QED) is 0.159. The van der Waals surface area contributed by atoms with Crippen molar-refractivity contribution in [3.63, 3.8) is 0 Å². The van der Waals surface area contributed by atoms with Crippen LogP contribution in [0.15, 0.2) is 206 Å². The van der Waals surface area contributed by atoms with Crippen LogP contribution in [0.5, 0.6) is 0 Å². The maximum atomic E-state index is 5.20. The van der Waals surface area contributed by atoms with E-state index >= 15 is 0 Å². The molecule has 0 aliphatic rings. The summed E-state index contributed by atoms with van der Waals surface area (Å²) in [6, 6.07) is 70.9. The lowest BCUT2D eigenvalue weighted by Crippen LogP contribution is -1.98. The first kappa shape index (κ1) is 32.6. The molecule has 0 amide bonds. The molecule has 0 saturated heterocycles. The molecular weight excluding hydrogens is 657 g/mol. The van der Waals surface area contributed by atoms with Crippen LogP contribution in [-0.2, 0) is 0 Å². The van der Waals surface area contributed by atoms with Gasteiger partial charge in [0.1, 0.15) is 0 Å². The average molecular weight is 691 g/mol. The summed E-state index contributed by atoms with van der Waals surface area (Å²) in [4.78, 5) is 20.4. The summed E-state index contributed by atoms with van der Waals surface area (Å²) in [5.74, 6) is 1.38. The third kappa shape index (κ3) is 6.72. The van der Waals surface area contributed by atoms with Crippen LogP contribution in [0, 0.1) is 0 Å². The molecule has 0 bridgehead atoms. The zero-order chi connectivity index (χ0) is 36.1. The summed E-state index contributed by atoms with van der Waals surface area (Å²) < 4.78 is 0. The summed E-state index contributed by atoms with van der Waals surface area (Å²) in [6.07, 6.45) is 0. The minimum absolute atomic E-state index is 0.688. The molecular formula is C50H34N4. The van der Waals surface area contributed by atoms with Crippen LogP contribution in [0.1, 0.15) is 0 Å². The largest absolute Gasteiger partial charge is 0.228 e. The lowest BCUT2D eigenvalue weighted by Gasteiger charge is -2.17. The highest BCUT2D eigenvalue weighted by Crippen LogP contribution is 2.41. The first-order chi connectivity index (χ1) is 26.8. The minimum atomic E-state index is 0.688. The standard InChI is InChI=1S/C50H34N4/c1-6-18-35(19-7-1)44-32-40(47-33-45(36-20-8-2-9-21-36)51-49(53-47)38-24-12-4-13-25-38)30-31-42(44)41-28-16-17-29-43(41)48-34-46(37-22-10-3-11-23-37)52-50(54-48)39-26-14-5-15-27-39/h1-34H. The van der Waals surface area contributed by atoms with E-state index in [-0.39, 0.29) is 0 Å². The number of hydrogen-bond acceptors (Lipinski definition) is 4. The van der Waals surface area contributed by atoms with Crippen molar-refractivity contribution in [2.45, 2.75) is 0 Å². The van der Waals surface area contributed by atoms with Crippen LogP contribution in [0.25, 0.3) is 90.1 Å². The van der Waals surface area contributed by atoms with Crippen molar-refractivity contribution in [3.05, 3.63) is 206 Å². The van der Waals surface area contributed by atoms with E-state index in [4.69, 9.17) is 19.9 Å². The Morgan fingerprint density at radius 2 is 0.556 bits per heavy atom. The Kier molecular flexibility index (Phi) is 8.90. The SMILES string of the molecule is c1ccc(-c2cc(-c3ccc(-c4ccccc4-c4cc(-c5ccccc5)nc(-c5ccccc5)n4)c(-c4ccccc4)c3)nc(-c3ccccc3)n2)cc1. The van der Waals surface area contributed by atoms with Crippen LogP contribution in [0.4, 0.5) is 0 Å². The second-order valence-electron chi connectivity index (χ2n) is 13.1. The lowest BCUT2D eigenvalue weighted by molar-refractivity contribution is 1.18. The monoisotopic (exact) mass is 690 g/mol. The number of rotatable bonds is 8. The molecule has 0 aliphatic heterocycles. The molecule has 0 spiro atoms. The second-order valence-corrected chi connectivity index (χ2v) is 13.1. The lowest BCUT2D eigenvalue weighted by atomic mass is 9.88. The van der Waals surface area contributed by atoms with E-state index in [0.717, 1.165) is 78.4 Å². The fourth-order valence-electron chi connectivity index (χ4n) is 6.86. The molecule has 0 saturated carbocycles. The first-order valence-electron chi connectivity index (χ1n) is 18.1. The molecule has 0 fully saturated rings. The summed E-state index contributed by atoms with van der Waals surface area (Å²) >= 11 is 0. The van der Waals surface area contributed by atoms with E-state index < -0.39 is 0 Å². The van der Waals surface area contributed by atoms with E-state index in [1.807, 2.05) is 72.8 Å². The number of benzene rings is 7. The van der Waals surface area contributed by atoms with Crippen LogP contribution >= 0.6 is 0 Å². The van der Waals surface area contributed by atoms with Crippen molar-refractivity contribution in [2.75, 3.05) is 0 Å². The van der Waals surface area contributed by atoms with E-state index in [0.29, 0.717) is 11.6 Å². The molecule has 0 unspecified atom stereocenters. The fourth-order valence-corrected chi connectivity index (χ4v) is 6.86. The van der Waals surface area contributed by atoms with Crippen LogP contribution in [0.2, 0.25) is 0 Å². The van der Waals surface area contributed by atoms with Crippen LogP contribution in [0.3, 0.4) is 0 Å². The zero-order valence-electron chi connectivity index (χ0n) is 29.4. The molecule has 2 aromatic heterocycles. The van der Waals surface area contributed by atoms with Gasteiger partial charge in [-0.2, -0.15) is 0 Å². The Hall–Kier alpha value is -7.30. The smallest absolute Gasteiger partial charge is 0.160 e. The van der Waals surface area contributed by atoms with Gasteiger partial charge in [-0.25, -0.2) is 19.9 Å². The highest BCUT2D eigenvalue weighted by molar-refractivity contribution is 5.93. The highest BCUT2D eigenvalue weighted by Gasteiger charge is 2.18. The molecule has 0 aliphatic carbocycles. The predicted molar refractivity (Wildman–Crippen MR) is 221 cm³/mol. The van der Waals surface area contributed by atoms with Crippen LogP contribution < -0.4 is 0 Å². The van der Waals surface area contributed by atoms with Gasteiger partial charge in [0.2, 0.25) is 0 Å². The maximum absolute atomic E-state index is 5.20. The number of nitrogens with zero attached hydrogens (tertiary/aromatic N) is 4. The Bertz CT molecular complexity index is 2560. The second kappa shape index (κ2) is 14.7. The molecule has 254 valence electrons. The van der Waals surface area contributed by atoms with Gasteiger partial charge >= 0.3 is 0 Å². The van der Waals surface area contributed by atoms with Gasteiger partial charge in [0.25, 0.3) is 0 Å². The van der Waals surface area contributed by atoms with Gasteiger partial charge in [0.05, 0.1) is 22.8 Å². The topological polar surface area (TPSA) is 51.6 Å². The molecule has 0 N–H and O–H groups in total. The Morgan fingerprint density at radius 1 is 0.204 bits per heavy atom. The third-order valence-electron chi connectivity index (χ3n) is 9.55. The highest BCUT2D eigenvalue weighted by atomic mass is 14.9. The molecule has 9 rings (SSSR count). The third-order valence-corrected chi connectivity index (χ3v) is 9.55. The van der Waals surface area contributed by atoms with E-state index in [1.165, 1.54) is 0 Å². The van der Waals surface area contributed by atoms with Gasteiger partial charge in [-0.1, -0.05) is 188 Å². The molecule has 54 heavy (non-hydrogen) atoms. The van der Waals surface area contributed by atoms with Crippen molar-refractivity contribution in [1.29, 1.82) is 0 Å². The molecule has 2 heterocycles. The molecule has 4 nitrogen and oxygen atoms in total. The number of hydrogen-bond donors (Lipinski definition) is 0. The molecule has 0 atom stereocenters. The van der Waals surface area contributed by atoms with E-state index in [9.17, 15) is 0 Å².